The molecule has 3 heterocycles. The van der Waals surface area contributed by atoms with E-state index in [4.69, 9.17) is 5.11 Å². The number of nitrogens with zero attached hydrogens (tertiary/aromatic N) is 2. The van der Waals surface area contributed by atoms with Gasteiger partial charge in [-0.3, -0.25) is 5.32 Å². The third-order valence-corrected chi connectivity index (χ3v) is 3.54. The number of pyridine rings is 2. The van der Waals surface area contributed by atoms with Crippen LogP contribution in [-0.2, 0) is 0 Å². The maximum Gasteiger partial charge on any atom is 0.409 e. The summed E-state index contributed by atoms with van der Waals surface area (Å²) < 4.78 is 2.01. The van der Waals surface area contributed by atoms with Crippen molar-refractivity contribution in [2.45, 2.75) is 0 Å². The van der Waals surface area contributed by atoms with Crippen LogP contribution in [-0.4, -0.2) is 20.6 Å². The van der Waals surface area contributed by atoms with Crippen LogP contribution in [0.5, 0.6) is 0 Å². The first kappa shape index (κ1) is 11.7. The molecule has 1 aromatic carbocycles. The lowest BCUT2D eigenvalue weighted by molar-refractivity contribution is 0.210. The first-order chi connectivity index (χ1) is 10.2. The van der Waals surface area contributed by atoms with Crippen LogP contribution in [0.15, 0.2) is 54.9 Å². The molecule has 0 fully saturated rings. The van der Waals surface area contributed by atoms with E-state index in [0.717, 1.165) is 27.3 Å². The molecule has 0 bridgehead atoms. The predicted octanol–water partition coefficient (Wildman–Crippen LogP) is 3.73. The van der Waals surface area contributed by atoms with Crippen molar-refractivity contribution in [2.75, 3.05) is 5.32 Å². The monoisotopic (exact) mass is 277 g/mol. The highest BCUT2D eigenvalue weighted by molar-refractivity contribution is 6.06. The Labute approximate surface area is 119 Å². The summed E-state index contributed by atoms with van der Waals surface area (Å²) in [6.45, 7) is 0. The molecule has 5 nitrogen and oxygen atoms in total. The van der Waals surface area contributed by atoms with Crippen molar-refractivity contribution < 1.29 is 9.90 Å². The molecule has 102 valence electrons. The van der Waals surface area contributed by atoms with Crippen molar-refractivity contribution in [1.29, 1.82) is 0 Å². The number of nitrogens with one attached hydrogen (secondary N) is 1. The lowest BCUT2D eigenvalue weighted by Crippen LogP contribution is -2.07. The van der Waals surface area contributed by atoms with Gasteiger partial charge in [-0.1, -0.05) is 12.1 Å². The van der Waals surface area contributed by atoms with Crippen LogP contribution in [0.1, 0.15) is 0 Å². The summed E-state index contributed by atoms with van der Waals surface area (Å²) in [5, 5.41) is 13.1. The zero-order valence-corrected chi connectivity index (χ0v) is 10.9. The van der Waals surface area contributed by atoms with Crippen LogP contribution in [0.3, 0.4) is 0 Å². The molecule has 0 radical (unpaired) electrons. The fourth-order valence-electron chi connectivity index (χ4n) is 2.66. The van der Waals surface area contributed by atoms with Gasteiger partial charge in [-0.25, -0.2) is 9.78 Å². The van der Waals surface area contributed by atoms with Gasteiger partial charge in [0.1, 0.15) is 0 Å². The molecule has 2 N–H and O–H groups in total. The third-order valence-electron chi connectivity index (χ3n) is 3.54. The second-order valence-electron chi connectivity index (χ2n) is 4.85. The Hall–Kier alpha value is -3.08. The number of aromatic nitrogens is 2. The van der Waals surface area contributed by atoms with Crippen LogP contribution >= 0.6 is 0 Å². The van der Waals surface area contributed by atoms with Crippen LogP contribution in [0.2, 0.25) is 0 Å². The van der Waals surface area contributed by atoms with Gasteiger partial charge in [0.05, 0.1) is 22.2 Å². The number of anilines is 1. The Balaban J connectivity index is 2.09. The number of rotatable bonds is 1. The largest absolute Gasteiger partial charge is 0.465 e. The molecule has 21 heavy (non-hydrogen) atoms. The second-order valence-corrected chi connectivity index (χ2v) is 4.85. The summed E-state index contributed by atoms with van der Waals surface area (Å²) in [5.41, 5.74) is 3.26. The molecule has 0 aliphatic rings. The molecule has 0 spiro atoms. The van der Waals surface area contributed by atoms with Crippen LogP contribution in [0, 0.1) is 0 Å². The number of hydrogen-bond acceptors (Lipinski definition) is 2. The van der Waals surface area contributed by atoms with Gasteiger partial charge in [0.15, 0.2) is 0 Å². The van der Waals surface area contributed by atoms with Gasteiger partial charge in [-0.2, -0.15) is 0 Å². The Bertz CT molecular complexity index is 1000. The molecule has 4 aromatic rings. The number of amides is 1. The van der Waals surface area contributed by atoms with Gasteiger partial charge in [0.25, 0.3) is 0 Å². The molecule has 0 atom stereocenters. The summed E-state index contributed by atoms with van der Waals surface area (Å²) in [5.74, 6) is 0. The van der Waals surface area contributed by atoms with Crippen LogP contribution in [0.4, 0.5) is 10.5 Å². The average Bonchev–Trinajstić information content (AvgIpc) is 2.83. The number of hydrogen-bond donors (Lipinski definition) is 2. The normalized spacial score (nSPS) is 11.2. The van der Waals surface area contributed by atoms with E-state index in [-0.39, 0.29) is 0 Å². The first-order valence-electron chi connectivity index (χ1n) is 6.51. The molecule has 0 saturated heterocycles. The highest BCUT2D eigenvalue weighted by Crippen LogP contribution is 2.28. The molecule has 0 saturated carbocycles. The van der Waals surface area contributed by atoms with Gasteiger partial charge in [-0.15, -0.1) is 0 Å². The van der Waals surface area contributed by atoms with Gasteiger partial charge in [-0.05, 0) is 30.3 Å². The molecule has 0 aliphatic heterocycles. The van der Waals surface area contributed by atoms with E-state index in [9.17, 15) is 4.79 Å². The summed E-state index contributed by atoms with van der Waals surface area (Å²) in [7, 11) is 0. The average molecular weight is 277 g/mol. The van der Waals surface area contributed by atoms with E-state index in [2.05, 4.69) is 10.3 Å². The van der Waals surface area contributed by atoms with Gasteiger partial charge < -0.3 is 9.51 Å². The highest BCUT2D eigenvalue weighted by Gasteiger charge is 2.09. The molecule has 5 heteroatoms. The van der Waals surface area contributed by atoms with E-state index in [1.165, 1.54) is 0 Å². The van der Waals surface area contributed by atoms with Crippen molar-refractivity contribution >= 4 is 39.1 Å². The lowest BCUT2D eigenvalue weighted by Gasteiger charge is -2.05. The van der Waals surface area contributed by atoms with E-state index in [0.29, 0.717) is 5.69 Å². The smallest absolute Gasteiger partial charge is 0.409 e. The SMILES string of the molecule is O=C(O)Nc1cccc2nc3c(cc12)cn1ccccc31. The Morgan fingerprint density at radius 3 is 2.95 bits per heavy atom. The fraction of sp³-hybridized carbons (Fsp3) is 0. The highest BCUT2D eigenvalue weighted by atomic mass is 16.4. The van der Waals surface area contributed by atoms with Gasteiger partial charge >= 0.3 is 6.09 Å². The van der Waals surface area contributed by atoms with Crippen molar-refractivity contribution in [2.24, 2.45) is 0 Å². The third kappa shape index (κ3) is 1.79. The topological polar surface area (TPSA) is 66.6 Å². The molecule has 0 aliphatic carbocycles. The summed E-state index contributed by atoms with van der Waals surface area (Å²) in [6.07, 6.45) is 2.89. The van der Waals surface area contributed by atoms with E-state index < -0.39 is 6.09 Å². The van der Waals surface area contributed by atoms with Crippen molar-refractivity contribution in [1.82, 2.24) is 9.38 Å². The molecule has 0 unspecified atom stereocenters. The molecule has 4 rings (SSSR count). The van der Waals surface area contributed by atoms with E-state index in [1.807, 2.05) is 47.1 Å². The van der Waals surface area contributed by atoms with Gasteiger partial charge in [0.2, 0.25) is 0 Å². The molecule has 3 aromatic heterocycles. The predicted molar refractivity (Wildman–Crippen MR) is 81.9 cm³/mol. The zero-order chi connectivity index (χ0) is 14.4. The minimum absolute atomic E-state index is 0.546. The number of carboxylic acid groups (broad SMARTS) is 1. The minimum atomic E-state index is -1.08. The van der Waals surface area contributed by atoms with Crippen molar-refractivity contribution in [3.8, 4) is 0 Å². The van der Waals surface area contributed by atoms with E-state index >= 15 is 0 Å². The maximum absolute atomic E-state index is 10.9. The van der Waals surface area contributed by atoms with Crippen LogP contribution < -0.4 is 5.32 Å². The number of fused-ring (bicyclic) bond motifs is 4. The standard InChI is InChI=1S/C16H11N3O2/c20-16(21)18-13-5-3-4-12-11(13)8-10-9-19-7-2-1-6-14(19)15(10)17-12/h1-9,18H,(H,20,21). The summed E-state index contributed by atoms with van der Waals surface area (Å²) >= 11 is 0. The Morgan fingerprint density at radius 2 is 2.10 bits per heavy atom. The Morgan fingerprint density at radius 1 is 1.19 bits per heavy atom. The minimum Gasteiger partial charge on any atom is -0.465 e. The zero-order valence-electron chi connectivity index (χ0n) is 10.9. The first-order valence-corrected chi connectivity index (χ1v) is 6.51. The fourth-order valence-corrected chi connectivity index (χ4v) is 2.66. The quantitative estimate of drug-likeness (QED) is 0.557. The van der Waals surface area contributed by atoms with E-state index in [1.54, 1.807) is 12.1 Å². The summed E-state index contributed by atoms with van der Waals surface area (Å²) in [4.78, 5) is 15.6. The second kappa shape index (κ2) is 4.21. The Kier molecular flexibility index (Phi) is 2.35. The van der Waals surface area contributed by atoms with Crippen LogP contribution in [0.25, 0.3) is 27.3 Å². The summed E-state index contributed by atoms with van der Waals surface area (Å²) in [6, 6.07) is 13.3. The molecular formula is C16H11N3O2. The lowest BCUT2D eigenvalue weighted by atomic mass is 10.1. The van der Waals surface area contributed by atoms with Crippen molar-refractivity contribution in [3.05, 3.63) is 54.9 Å². The maximum atomic E-state index is 10.9. The number of carbonyl (C=O) groups is 1. The molecule has 1 amide bonds. The number of benzene rings is 1. The molecular weight excluding hydrogens is 266 g/mol. The van der Waals surface area contributed by atoms with Gasteiger partial charge in [0, 0.05) is 23.2 Å². The van der Waals surface area contributed by atoms with Crippen molar-refractivity contribution in [3.63, 3.8) is 0 Å².